The van der Waals surface area contributed by atoms with Gasteiger partial charge in [0.05, 0.1) is 15.6 Å². The number of nitrogens with zero attached hydrogens (tertiary/aromatic N) is 1. The molecule has 0 atom stereocenters. The van der Waals surface area contributed by atoms with Crippen LogP contribution in [-0.4, -0.2) is 41.9 Å². The zero-order valence-electron chi connectivity index (χ0n) is 13.6. The minimum Gasteiger partial charge on any atom is -0.507 e. The van der Waals surface area contributed by atoms with Crippen LogP contribution in [0.1, 0.15) is 15.9 Å². The number of carbonyl (C=O) groups is 1. The van der Waals surface area contributed by atoms with Crippen LogP contribution < -0.4 is 4.74 Å². The summed E-state index contributed by atoms with van der Waals surface area (Å²) in [6.07, 6.45) is 0. The first-order chi connectivity index (χ1) is 12.1. The van der Waals surface area contributed by atoms with Crippen molar-refractivity contribution in [3.8, 4) is 11.5 Å². The van der Waals surface area contributed by atoms with Crippen molar-refractivity contribution in [1.82, 2.24) is 0 Å². The molecule has 2 aromatic carbocycles. The molecule has 2 aromatic rings. The van der Waals surface area contributed by atoms with Crippen molar-refractivity contribution in [2.75, 3.05) is 12.4 Å². The number of benzene rings is 2. The number of carboxylic acids is 1. The van der Waals surface area contributed by atoms with Gasteiger partial charge in [-0.3, -0.25) is 10.1 Å². The third kappa shape index (κ3) is 4.28. The normalized spacial score (nSPS) is 11.1. The van der Waals surface area contributed by atoms with E-state index < -0.39 is 55.8 Å². The van der Waals surface area contributed by atoms with E-state index in [2.05, 4.69) is 0 Å². The average molecular weight is 381 g/mol. The number of phenols is 1. The number of rotatable bonds is 7. The maximum atomic E-state index is 12.2. The Bertz CT molecular complexity index is 951. The second-order valence-electron chi connectivity index (χ2n) is 5.38. The van der Waals surface area contributed by atoms with Crippen molar-refractivity contribution in [3.63, 3.8) is 0 Å². The molecule has 0 spiro atoms. The van der Waals surface area contributed by atoms with E-state index in [1.54, 1.807) is 12.1 Å². The van der Waals surface area contributed by atoms with Gasteiger partial charge in [0.2, 0.25) is 5.75 Å². The number of nitro groups is 1. The summed E-state index contributed by atoms with van der Waals surface area (Å²) in [6.45, 7) is 1.40. The molecule has 0 saturated heterocycles. The molecule has 26 heavy (non-hydrogen) atoms. The molecule has 0 aliphatic heterocycles. The van der Waals surface area contributed by atoms with Gasteiger partial charge < -0.3 is 14.9 Å². The van der Waals surface area contributed by atoms with Crippen LogP contribution in [0.15, 0.2) is 41.3 Å². The lowest BCUT2D eigenvalue weighted by Crippen LogP contribution is -2.15. The first-order valence-electron chi connectivity index (χ1n) is 7.29. The van der Waals surface area contributed by atoms with Crippen LogP contribution in [0.2, 0.25) is 0 Å². The summed E-state index contributed by atoms with van der Waals surface area (Å²) in [5.41, 5.74) is -0.450. The van der Waals surface area contributed by atoms with Gasteiger partial charge in [-0.1, -0.05) is 17.7 Å². The molecule has 0 aromatic heterocycles. The van der Waals surface area contributed by atoms with E-state index in [0.29, 0.717) is 6.07 Å². The van der Waals surface area contributed by atoms with Crippen LogP contribution in [0, 0.1) is 17.0 Å². The Morgan fingerprint density at radius 1 is 1.23 bits per heavy atom. The monoisotopic (exact) mass is 381 g/mol. The number of hydrogen-bond donors (Lipinski definition) is 2. The number of aromatic hydroxyl groups is 1. The topological polar surface area (TPSA) is 144 Å². The highest BCUT2D eigenvalue weighted by atomic mass is 32.2. The number of ether oxygens (including phenoxy) is 1. The smallest absolute Gasteiger partial charge is 0.339 e. The van der Waals surface area contributed by atoms with E-state index in [0.717, 1.165) is 11.6 Å². The van der Waals surface area contributed by atoms with Gasteiger partial charge in [0, 0.05) is 12.1 Å². The zero-order chi connectivity index (χ0) is 19.5. The van der Waals surface area contributed by atoms with Crippen molar-refractivity contribution in [2.24, 2.45) is 0 Å². The molecule has 0 radical (unpaired) electrons. The van der Waals surface area contributed by atoms with Gasteiger partial charge in [0.15, 0.2) is 9.84 Å². The molecule has 0 fully saturated rings. The number of sulfone groups is 1. The lowest BCUT2D eigenvalue weighted by atomic mass is 10.1. The number of nitro benzene ring substituents is 1. The summed E-state index contributed by atoms with van der Waals surface area (Å²) in [5, 5.41) is 29.6. The second kappa shape index (κ2) is 7.40. The first-order valence-corrected chi connectivity index (χ1v) is 8.94. The van der Waals surface area contributed by atoms with Gasteiger partial charge in [-0.05, 0) is 19.1 Å². The van der Waals surface area contributed by atoms with Gasteiger partial charge in [0.25, 0.3) is 0 Å². The fraction of sp³-hybridized carbons (Fsp3) is 0.188. The van der Waals surface area contributed by atoms with Gasteiger partial charge in [-0.25, -0.2) is 13.2 Å². The summed E-state index contributed by atoms with van der Waals surface area (Å²) in [5.74, 6) is -3.13. The second-order valence-corrected chi connectivity index (χ2v) is 7.49. The lowest BCUT2D eigenvalue weighted by molar-refractivity contribution is -0.385. The molecule has 138 valence electrons. The summed E-state index contributed by atoms with van der Waals surface area (Å²) in [7, 11) is -3.66. The van der Waals surface area contributed by atoms with Crippen molar-refractivity contribution >= 4 is 21.5 Å². The molecular formula is C16H15NO8S. The van der Waals surface area contributed by atoms with Crippen LogP contribution in [0.3, 0.4) is 0 Å². The van der Waals surface area contributed by atoms with Gasteiger partial charge in [-0.2, -0.15) is 0 Å². The summed E-state index contributed by atoms with van der Waals surface area (Å²) in [6, 6.07) is 7.60. The Balaban J connectivity index is 2.19. The lowest BCUT2D eigenvalue weighted by Gasteiger charge is -2.09. The molecule has 0 amide bonds. The molecule has 2 N–H and O–H groups in total. The van der Waals surface area contributed by atoms with Crippen LogP contribution in [0.25, 0.3) is 0 Å². The Morgan fingerprint density at radius 3 is 2.38 bits per heavy atom. The Morgan fingerprint density at radius 2 is 1.85 bits per heavy atom. The van der Waals surface area contributed by atoms with E-state index in [4.69, 9.17) is 9.84 Å². The highest BCUT2D eigenvalue weighted by Gasteiger charge is 2.23. The molecule has 0 aliphatic rings. The minimum atomic E-state index is -3.66. The third-order valence-corrected chi connectivity index (χ3v) is 5.19. The summed E-state index contributed by atoms with van der Waals surface area (Å²) in [4.78, 5) is 21.2. The largest absolute Gasteiger partial charge is 0.507 e. The van der Waals surface area contributed by atoms with E-state index in [9.17, 15) is 28.4 Å². The Labute approximate surface area is 148 Å². The fourth-order valence-electron chi connectivity index (χ4n) is 2.11. The maximum Gasteiger partial charge on any atom is 0.339 e. The molecule has 10 heteroatoms. The predicted molar refractivity (Wildman–Crippen MR) is 90.4 cm³/mol. The number of aryl methyl sites for hydroxylation is 1. The minimum absolute atomic E-state index is 0.0882. The van der Waals surface area contributed by atoms with Crippen molar-refractivity contribution in [3.05, 3.63) is 57.6 Å². The average Bonchev–Trinajstić information content (AvgIpc) is 2.54. The molecule has 0 heterocycles. The molecular weight excluding hydrogens is 366 g/mol. The van der Waals surface area contributed by atoms with Crippen LogP contribution >= 0.6 is 0 Å². The third-order valence-electron chi connectivity index (χ3n) is 3.49. The number of hydrogen-bond acceptors (Lipinski definition) is 7. The quantitative estimate of drug-likeness (QED) is 0.548. The predicted octanol–water partition coefficient (Wildman–Crippen LogP) is 2.16. The molecule has 0 saturated carbocycles. The summed E-state index contributed by atoms with van der Waals surface area (Å²) < 4.78 is 29.6. The van der Waals surface area contributed by atoms with Crippen molar-refractivity contribution < 1.29 is 33.1 Å². The SMILES string of the molecule is Cc1ccc(S(=O)(=O)CCOc2cc(O)c(C(=O)O)cc2[N+](=O)[O-])cc1. The first kappa shape index (κ1) is 19.2. The van der Waals surface area contributed by atoms with Gasteiger partial charge in [0.1, 0.15) is 17.9 Å². The van der Waals surface area contributed by atoms with Crippen LogP contribution in [-0.2, 0) is 9.84 Å². The fourth-order valence-corrected chi connectivity index (χ4v) is 3.20. The van der Waals surface area contributed by atoms with Gasteiger partial charge >= 0.3 is 11.7 Å². The molecule has 0 bridgehead atoms. The van der Waals surface area contributed by atoms with E-state index in [1.807, 2.05) is 6.92 Å². The highest BCUT2D eigenvalue weighted by molar-refractivity contribution is 7.91. The number of aromatic carboxylic acids is 1. The maximum absolute atomic E-state index is 12.2. The molecule has 0 aliphatic carbocycles. The van der Waals surface area contributed by atoms with E-state index >= 15 is 0 Å². The summed E-state index contributed by atoms with van der Waals surface area (Å²) >= 11 is 0. The van der Waals surface area contributed by atoms with Gasteiger partial charge in [-0.15, -0.1) is 0 Å². The van der Waals surface area contributed by atoms with Crippen LogP contribution in [0.5, 0.6) is 11.5 Å². The Kier molecular flexibility index (Phi) is 5.46. The molecule has 9 nitrogen and oxygen atoms in total. The van der Waals surface area contributed by atoms with E-state index in [1.165, 1.54) is 12.1 Å². The van der Waals surface area contributed by atoms with Crippen molar-refractivity contribution in [2.45, 2.75) is 11.8 Å². The molecule has 2 rings (SSSR count). The highest BCUT2D eigenvalue weighted by Crippen LogP contribution is 2.34. The molecule has 0 unspecified atom stereocenters. The zero-order valence-corrected chi connectivity index (χ0v) is 14.4. The van der Waals surface area contributed by atoms with Crippen molar-refractivity contribution in [1.29, 1.82) is 0 Å². The van der Waals surface area contributed by atoms with E-state index in [-0.39, 0.29) is 4.90 Å². The standard InChI is InChI=1S/C16H15NO8S/c1-10-2-4-11(5-3-10)26(23,24)7-6-25-15-9-14(18)12(16(19)20)8-13(15)17(21)22/h2-5,8-9,18H,6-7H2,1H3,(H,19,20). The Hall–Kier alpha value is -3.14. The number of carboxylic acid groups (broad SMARTS) is 1. The van der Waals surface area contributed by atoms with Crippen LogP contribution in [0.4, 0.5) is 5.69 Å².